The Kier molecular flexibility index (Phi) is 9.14. The van der Waals surface area contributed by atoms with Crippen LogP contribution >= 0.6 is 0 Å². The van der Waals surface area contributed by atoms with Gasteiger partial charge in [-0.3, -0.25) is 15.0 Å². The number of allylic oxidation sites excluding steroid dienone is 3. The number of aromatic nitrogens is 2. The van der Waals surface area contributed by atoms with E-state index in [2.05, 4.69) is 59.6 Å². The van der Waals surface area contributed by atoms with Crippen LogP contribution in [0.2, 0.25) is 0 Å². The summed E-state index contributed by atoms with van der Waals surface area (Å²) >= 11 is 0. The van der Waals surface area contributed by atoms with E-state index >= 15 is 0 Å². The van der Waals surface area contributed by atoms with Crippen molar-refractivity contribution < 1.29 is 9.84 Å². The Bertz CT molecular complexity index is 1140. The molecule has 1 fully saturated rings. The highest BCUT2D eigenvalue weighted by Gasteiger charge is 2.34. The van der Waals surface area contributed by atoms with E-state index < -0.39 is 5.60 Å². The SMILES string of the molecule is CC=CCC=C(C)C1(O)CCN(C2=NCCC(NC(OC)c3cc(-c4ccccc4)nn3C)C=C2)CC1. The number of methoxy groups -OCH3 is 1. The number of amidine groups is 1. The van der Waals surface area contributed by atoms with Gasteiger partial charge in [0.15, 0.2) is 6.23 Å². The first-order valence-corrected chi connectivity index (χ1v) is 13.3. The summed E-state index contributed by atoms with van der Waals surface area (Å²) < 4.78 is 7.73. The van der Waals surface area contributed by atoms with Gasteiger partial charge in [0, 0.05) is 45.4 Å². The third kappa shape index (κ3) is 6.66. The van der Waals surface area contributed by atoms with Gasteiger partial charge in [-0.25, -0.2) is 0 Å². The highest BCUT2D eigenvalue weighted by atomic mass is 16.5. The number of rotatable bonds is 8. The zero-order valence-electron chi connectivity index (χ0n) is 22.6. The molecule has 7 nitrogen and oxygen atoms in total. The fourth-order valence-corrected chi connectivity index (χ4v) is 5.03. The number of hydrogen-bond acceptors (Lipinski definition) is 6. The van der Waals surface area contributed by atoms with Crippen LogP contribution in [0.4, 0.5) is 0 Å². The molecule has 2 aliphatic heterocycles. The predicted molar refractivity (Wildman–Crippen MR) is 150 cm³/mol. The van der Waals surface area contributed by atoms with Gasteiger partial charge in [-0.1, -0.05) is 54.6 Å². The summed E-state index contributed by atoms with van der Waals surface area (Å²) in [6, 6.07) is 12.4. The first kappa shape index (κ1) is 27.0. The van der Waals surface area contributed by atoms with Crippen LogP contribution in [0.5, 0.6) is 0 Å². The molecule has 0 spiro atoms. The first-order valence-electron chi connectivity index (χ1n) is 13.3. The Morgan fingerprint density at radius 3 is 2.73 bits per heavy atom. The van der Waals surface area contributed by atoms with Gasteiger partial charge in [0.2, 0.25) is 0 Å². The molecule has 37 heavy (non-hydrogen) atoms. The number of likely N-dealkylation sites (tertiary alicyclic amines) is 1. The molecule has 0 radical (unpaired) electrons. The Labute approximate surface area is 221 Å². The minimum absolute atomic E-state index is 0.125. The summed E-state index contributed by atoms with van der Waals surface area (Å²) in [5.41, 5.74) is 3.35. The van der Waals surface area contributed by atoms with Gasteiger partial charge in [0.1, 0.15) is 5.84 Å². The summed E-state index contributed by atoms with van der Waals surface area (Å²) in [5.74, 6) is 1.00. The molecule has 198 valence electrons. The van der Waals surface area contributed by atoms with Gasteiger partial charge >= 0.3 is 0 Å². The van der Waals surface area contributed by atoms with E-state index in [4.69, 9.17) is 14.8 Å². The van der Waals surface area contributed by atoms with Crippen LogP contribution in [0.3, 0.4) is 0 Å². The molecule has 2 unspecified atom stereocenters. The Morgan fingerprint density at radius 1 is 1.27 bits per heavy atom. The second-order valence-electron chi connectivity index (χ2n) is 9.93. The molecule has 0 aliphatic carbocycles. The van der Waals surface area contributed by atoms with E-state index in [1.54, 1.807) is 7.11 Å². The minimum atomic E-state index is -0.718. The Balaban J connectivity index is 1.37. The number of hydrogen-bond donors (Lipinski definition) is 2. The average molecular weight is 504 g/mol. The zero-order valence-corrected chi connectivity index (χ0v) is 22.6. The lowest BCUT2D eigenvalue weighted by molar-refractivity contribution is 0.0259. The van der Waals surface area contributed by atoms with E-state index in [-0.39, 0.29) is 12.3 Å². The molecule has 0 saturated carbocycles. The van der Waals surface area contributed by atoms with Gasteiger partial charge in [-0.05, 0) is 57.2 Å². The van der Waals surface area contributed by atoms with Gasteiger partial charge in [0.05, 0.1) is 17.0 Å². The topological polar surface area (TPSA) is 74.9 Å². The highest BCUT2D eigenvalue weighted by molar-refractivity contribution is 5.93. The molecule has 3 heterocycles. The van der Waals surface area contributed by atoms with Crippen LogP contribution in [0.1, 0.15) is 51.5 Å². The quantitative estimate of drug-likeness (QED) is 0.400. The number of piperidine rings is 1. The van der Waals surface area contributed by atoms with E-state index in [1.807, 2.05) is 42.9 Å². The van der Waals surface area contributed by atoms with Gasteiger partial charge in [-0.2, -0.15) is 5.10 Å². The number of ether oxygens (including phenoxy) is 1. The molecule has 7 heteroatoms. The van der Waals surface area contributed by atoms with Crippen LogP contribution in [0, 0.1) is 0 Å². The van der Waals surface area contributed by atoms with Crippen molar-refractivity contribution in [3.8, 4) is 11.3 Å². The smallest absolute Gasteiger partial charge is 0.151 e. The number of aliphatic imine (C=N–C) groups is 1. The third-order valence-electron chi connectivity index (χ3n) is 7.49. The Hall–Kier alpha value is -3.00. The molecule has 4 rings (SSSR count). The monoisotopic (exact) mass is 503 g/mol. The molecule has 2 N–H and O–H groups in total. The van der Waals surface area contributed by atoms with Crippen LogP contribution in [0.25, 0.3) is 11.3 Å². The molecular weight excluding hydrogens is 462 g/mol. The van der Waals surface area contributed by atoms with Crippen molar-refractivity contribution in [3.63, 3.8) is 0 Å². The summed E-state index contributed by atoms with van der Waals surface area (Å²) in [5, 5.41) is 19.5. The maximum atomic E-state index is 11.2. The molecule has 0 amide bonds. The van der Waals surface area contributed by atoms with Crippen molar-refractivity contribution in [2.24, 2.45) is 12.0 Å². The van der Waals surface area contributed by atoms with E-state index in [0.29, 0.717) is 0 Å². The first-order chi connectivity index (χ1) is 17.9. The van der Waals surface area contributed by atoms with Crippen molar-refractivity contribution in [1.82, 2.24) is 20.0 Å². The van der Waals surface area contributed by atoms with Crippen LogP contribution in [0.15, 0.2) is 77.3 Å². The maximum Gasteiger partial charge on any atom is 0.151 e. The second kappa shape index (κ2) is 12.5. The normalized spacial score (nSPS) is 21.2. The van der Waals surface area contributed by atoms with Crippen molar-refractivity contribution >= 4 is 5.84 Å². The van der Waals surface area contributed by atoms with E-state index in [9.17, 15) is 5.11 Å². The summed E-state index contributed by atoms with van der Waals surface area (Å²) in [6.07, 6.45) is 13.5. The van der Waals surface area contributed by atoms with Crippen molar-refractivity contribution in [2.75, 3.05) is 26.7 Å². The largest absolute Gasteiger partial charge is 0.385 e. The van der Waals surface area contributed by atoms with E-state index in [0.717, 1.165) is 73.7 Å². The van der Waals surface area contributed by atoms with Crippen molar-refractivity contribution in [3.05, 3.63) is 78.0 Å². The van der Waals surface area contributed by atoms with Gasteiger partial charge < -0.3 is 14.7 Å². The van der Waals surface area contributed by atoms with Gasteiger partial charge in [-0.15, -0.1) is 0 Å². The minimum Gasteiger partial charge on any atom is -0.385 e. The molecule has 2 atom stereocenters. The second-order valence-corrected chi connectivity index (χ2v) is 9.93. The van der Waals surface area contributed by atoms with E-state index in [1.165, 1.54) is 0 Å². The number of aliphatic hydroxyl groups is 1. The molecule has 1 aromatic carbocycles. The predicted octanol–water partition coefficient (Wildman–Crippen LogP) is 4.79. The molecule has 1 aromatic heterocycles. The molecule has 2 aromatic rings. The number of nitrogens with one attached hydrogen (secondary N) is 1. The third-order valence-corrected chi connectivity index (χ3v) is 7.49. The summed E-state index contributed by atoms with van der Waals surface area (Å²) in [7, 11) is 3.67. The van der Waals surface area contributed by atoms with Crippen LogP contribution in [-0.4, -0.2) is 64.0 Å². The van der Waals surface area contributed by atoms with Gasteiger partial charge in [0.25, 0.3) is 0 Å². The standard InChI is InChI=1S/C30H41N5O2/c1-5-6-8-11-23(2)30(36)17-20-35(21-18-30)28-15-14-25(16-19-31-28)32-29(37-4)27-22-26(33-34(27)3)24-12-9-7-10-13-24/h5-7,9-15,22,25,29,32,36H,8,16-21H2,1-4H3. The maximum absolute atomic E-state index is 11.2. The average Bonchev–Trinajstić information content (AvgIpc) is 3.15. The highest BCUT2D eigenvalue weighted by Crippen LogP contribution is 2.30. The number of nitrogens with zero attached hydrogens (tertiary/aromatic N) is 4. The number of aryl methyl sites for hydroxylation is 1. The lowest BCUT2D eigenvalue weighted by atomic mass is 9.84. The summed E-state index contributed by atoms with van der Waals surface area (Å²) in [4.78, 5) is 7.17. The zero-order chi connectivity index (χ0) is 26.3. The van der Waals surface area contributed by atoms with Crippen molar-refractivity contribution in [1.29, 1.82) is 0 Å². The van der Waals surface area contributed by atoms with Crippen LogP contribution < -0.4 is 5.32 Å². The Morgan fingerprint density at radius 2 is 2.03 bits per heavy atom. The fraction of sp³-hybridized carbons (Fsp3) is 0.467. The molecular formula is C30H41N5O2. The molecule has 0 bridgehead atoms. The fourth-order valence-electron chi connectivity index (χ4n) is 5.03. The molecule has 2 aliphatic rings. The lowest BCUT2D eigenvalue weighted by Crippen LogP contribution is -2.47. The summed E-state index contributed by atoms with van der Waals surface area (Å²) in [6.45, 7) is 6.40. The lowest BCUT2D eigenvalue weighted by Gasteiger charge is -2.40. The molecule has 1 saturated heterocycles. The van der Waals surface area contributed by atoms with Crippen LogP contribution in [-0.2, 0) is 11.8 Å². The number of benzene rings is 1. The van der Waals surface area contributed by atoms with Crippen molar-refractivity contribution in [2.45, 2.75) is 57.4 Å².